The lowest BCUT2D eigenvalue weighted by molar-refractivity contribution is 0.295. The van der Waals surface area contributed by atoms with Gasteiger partial charge in [-0.2, -0.15) is 10.2 Å². The summed E-state index contributed by atoms with van der Waals surface area (Å²) in [6, 6.07) is 9.86. The lowest BCUT2D eigenvalue weighted by Crippen LogP contribution is -2.21. The van der Waals surface area contributed by atoms with Crippen LogP contribution < -0.4 is 0 Å². The van der Waals surface area contributed by atoms with Crippen molar-refractivity contribution in [1.29, 1.82) is 0 Å². The van der Waals surface area contributed by atoms with Gasteiger partial charge in [-0.3, -0.25) is 19.1 Å². The molecule has 0 unspecified atom stereocenters. The fraction of sp³-hybridized carbons (Fsp3) is 0.450. The molecular formula is C20H25FN6. The van der Waals surface area contributed by atoms with Crippen molar-refractivity contribution in [2.45, 2.75) is 32.9 Å². The van der Waals surface area contributed by atoms with Crippen molar-refractivity contribution in [3.63, 3.8) is 0 Å². The van der Waals surface area contributed by atoms with Crippen molar-refractivity contribution in [2.75, 3.05) is 19.8 Å². The molecule has 0 bridgehead atoms. The Morgan fingerprint density at radius 2 is 2.04 bits per heavy atom. The number of rotatable bonds is 6. The van der Waals surface area contributed by atoms with Crippen molar-refractivity contribution >= 4 is 0 Å². The van der Waals surface area contributed by atoms with Gasteiger partial charge in [0.15, 0.2) is 5.82 Å². The minimum absolute atomic E-state index is 0.0292. The monoisotopic (exact) mass is 368 g/mol. The van der Waals surface area contributed by atoms with Crippen LogP contribution in [-0.2, 0) is 13.1 Å². The van der Waals surface area contributed by atoms with E-state index in [9.17, 15) is 4.39 Å². The van der Waals surface area contributed by atoms with E-state index in [1.807, 2.05) is 41.2 Å². The Bertz CT molecular complexity index is 887. The van der Waals surface area contributed by atoms with E-state index < -0.39 is 0 Å². The summed E-state index contributed by atoms with van der Waals surface area (Å²) in [5.74, 6) is 1.41. The molecule has 2 aromatic heterocycles. The summed E-state index contributed by atoms with van der Waals surface area (Å²) in [7, 11) is 0. The van der Waals surface area contributed by atoms with Gasteiger partial charge in [-0.05, 0) is 13.8 Å². The summed E-state index contributed by atoms with van der Waals surface area (Å²) in [5.41, 5.74) is 3.36. The normalized spacial score (nSPS) is 20.4. The molecule has 27 heavy (non-hydrogen) atoms. The number of hydrogen-bond acceptors (Lipinski definition) is 4. The second-order valence-corrected chi connectivity index (χ2v) is 7.20. The maximum atomic E-state index is 13.7. The highest BCUT2D eigenvalue weighted by Gasteiger charge is 2.36. The lowest BCUT2D eigenvalue weighted by atomic mass is 9.97. The second kappa shape index (κ2) is 7.60. The van der Waals surface area contributed by atoms with E-state index in [0.717, 1.165) is 37.6 Å². The third kappa shape index (κ3) is 3.51. The first-order valence-electron chi connectivity index (χ1n) is 9.47. The molecule has 0 spiro atoms. The van der Waals surface area contributed by atoms with Crippen molar-refractivity contribution in [3.05, 3.63) is 53.6 Å². The summed E-state index contributed by atoms with van der Waals surface area (Å²) in [4.78, 5) is 6.96. The van der Waals surface area contributed by atoms with E-state index in [2.05, 4.69) is 39.0 Å². The summed E-state index contributed by atoms with van der Waals surface area (Å²) in [6.45, 7) is 6.97. The minimum atomic E-state index is -0.351. The molecule has 7 heteroatoms. The number of aromatic nitrogens is 5. The highest BCUT2D eigenvalue weighted by molar-refractivity contribution is 5.53. The number of hydrogen-bond donors (Lipinski definition) is 1. The zero-order valence-corrected chi connectivity index (χ0v) is 15.8. The van der Waals surface area contributed by atoms with Crippen LogP contribution in [0.25, 0.3) is 11.4 Å². The van der Waals surface area contributed by atoms with Gasteiger partial charge >= 0.3 is 0 Å². The molecule has 1 N–H and O–H groups in total. The van der Waals surface area contributed by atoms with Gasteiger partial charge in [-0.15, -0.1) is 0 Å². The van der Waals surface area contributed by atoms with Gasteiger partial charge in [0.05, 0.1) is 12.9 Å². The van der Waals surface area contributed by atoms with Crippen LogP contribution >= 0.6 is 0 Å². The van der Waals surface area contributed by atoms with E-state index in [4.69, 9.17) is 0 Å². The van der Waals surface area contributed by atoms with Crippen LogP contribution in [-0.4, -0.2) is 49.6 Å². The SMILES string of the molecule is CCn1ncc(CN2C[C@@H](CF)[C@H](c3nc(-c4ccccc4)n[nH]3)C2)c1C. The number of likely N-dealkylation sites (tertiary alicyclic amines) is 1. The number of benzene rings is 1. The number of alkyl halides is 1. The van der Waals surface area contributed by atoms with Gasteiger partial charge in [0.2, 0.25) is 0 Å². The highest BCUT2D eigenvalue weighted by atomic mass is 19.1. The molecule has 3 heterocycles. The number of nitrogens with one attached hydrogen (secondary N) is 1. The maximum absolute atomic E-state index is 13.7. The van der Waals surface area contributed by atoms with Crippen molar-refractivity contribution in [1.82, 2.24) is 29.9 Å². The molecule has 4 rings (SSSR count). The predicted octanol–water partition coefficient (Wildman–Crippen LogP) is 3.18. The first-order chi connectivity index (χ1) is 13.2. The third-order valence-corrected chi connectivity index (χ3v) is 5.50. The number of nitrogens with zero attached hydrogens (tertiary/aromatic N) is 5. The molecule has 1 aromatic carbocycles. The van der Waals surface area contributed by atoms with Crippen LogP contribution in [0.15, 0.2) is 36.5 Å². The van der Waals surface area contributed by atoms with Crippen LogP contribution in [0.2, 0.25) is 0 Å². The average Bonchev–Trinajstić information content (AvgIpc) is 3.42. The number of halogens is 1. The first-order valence-corrected chi connectivity index (χ1v) is 9.47. The van der Waals surface area contributed by atoms with Crippen LogP contribution in [0.1, 0.15) is 29.9 Å². The number of aryl methyl sites for hydroxylation is 1. The molecule has 0 saturated carbocycles. The van der Waals surface area contributed by atoms with Gasteiger partial charge in [0, 0.05) is 54.8 Å². The quantitative estimate of drug-likeness (QED) is 0.726. The zero-order chi connectivity index (χ0) is 18.8. The molecule has 1 aliphatic heterocycles. The molecule has 1 saturated heterocycles. The molecule has 2 atom stereocenters. The number of aromatic amines is 1. The third-order valence-electron chi connectivity index (χ3n) is 5.50. The molecule has 1 fully saturated rings. The average molecular weight is 368 g/mol. The van der Waals surface area contributed by atoms with E-state index in [0.29, 0.717) is 5.82 Å². The Balaban J connectivity index is 1.50. The Morgan fingerprint density at radius 1 is 1.22 bits per heavy atom. The van der Waals surface area contributed by atoms with Crippen molar-refractivity contribution in [2.24, 2.45) is 5.92 Å². The van der Waals surface area contributed by atoms with Crippen LogP contribution in [0, 0.1) is 12.8 Å². The standard InChI is InChI=1S/C20H25FN6/c1-3-27-14(2)17(10-22-27)12-26-11-16(9-21)18(13-26)20-23-19(24-25-20)15-7-5-4-6-8-15/h4-8,10,16,18H,3,9,11-13H2,1-2H3,(H,23,24,25)/t16-,18-/m1/s1. The molecule has 0 radical (unpaired) electrons. The Kier molecular flexibility index (Phi) is 5.03. The molecule has 0 amide bonds. The van der Waals surface area contributed by atoms with Gasteiger partial charge < -0.3 is 0 Å². The van der Waals surface area contributed by atoms with Gasteiger partial charge in [-0.1, -0.05) is 30.3 Å². The number of H-pyrrole nitrogens is 1. The molecule has 1 aliphatic rings. The summed E-state index contributed by atoms with van der Waals surface area (Å²) in [6.07, 6.45) is 1.93. The van der Waals surface area contributed by atoms with Gasteiger partial charge in [-0.25, -0.2) is 4.98 Å². The van der Waals surface area contributed by atoms with Crippen LogP contribution in [0.3, 0.4) is 0 Å². The molecule has 6 nitrogen and oxygen atoms in total. The van der Waals surface area contributed by atoms with Crippen LogP contribution in [0.5, 0.6) is 0 Å². The summed E-state index contributed by atoms with van der Waals surface area (Å²) >= 11 is 0. The van der Waals surface area contributed by atoms with E-state index in [1.165, 1.54) is 11.3 Å². The Hall–Kier alpha value is -2.54. The summed E-state index contributed by atoms with van der Waals surface area (Å²) < 4.78 is 15.7. The molecule has 0 aliphatic carbocycles. The van der Waals surface area contributed by atoms with Crippen LogP contribution in [0.4, 0.5) is 4.39 Å². The first kappa shape index (κ1) is 17.9. The zero-order valence-electron chi connectivity index (χ0n) is 15.8. The minimum Gasteiger partial charge on any atom is -0.298 e. The Morgan fingerprint density at radius 3 is 2.74 bits per heavy atom. The predicted molar refractivity (Wildman–Crippen MR) is 102 cm³/mol. The smallest absolute Gasteiger partial charge is 0.181 e. The highest BCUT2D eigenvalue weighted by Crippen LogP contribution is 2.33. The molecule has 3 aromatic rings. The maximum Gasteiger partial charge on any atom is 0.181 e. The van der Waals surface area contributed by atoms with Crippen molar-refractivity contribution < 1.29 is 4.39 Å². The van der Waals surface area contributed by atoms with E-state index in [1.54, 1.807) is 0 Å². The summed E-state index contributed by atoms with van der Waals surface area (Å²) in [5, 5.41) is 11.8. The van der Waals surface area contributed by atoms with E-state index >= 15 is 0 Å². The fourth-order valence-corrected chi connectivity index (χ4v) is 3.91. The molecule has 142 valence electrons. The largest absolute Gasteiger partial charge is 0.298 e. The Labute approximate surface area is 158 Å². The topological polar surface area (TPSA) is 62.6 Å². The molecular weight excluding hydrogens is 343 g/mol. The lowest BCUT2D eigenvalue weighted by Gasteiger charge is -2.15. The van der Waals surface area contributed by atoms with Gasteiger partial charge in [0.25, 0.3) is 0 Å². The van der Waals surface area contributed by atoms with E-state index in [-0.39, 0.29) is 18.5 Å². The van der Waals surface area contributed by atoms with Gasteiger partial charge in [0.1, 0.15) is 5.82 Å². The second-order valence-electron chi connectivity index (χ2n) is 7.20. The fourth-order valence-electron chi connectivity index (χ4n) is 3.91. The van der Waals surface area contributed by atoms with Crippen molar-refractivity contribution in [3.8, 4) is 11.4 Å².